The van der Waals surface area contributed by atoms with Gasteiger partial charge in [0, 0.05) is 5.92 Å². The molecule has 2 aliphatic rings. The van der Waals surface area contributed by atoms with Gasteiger partial charge >= 0.3 is 0 Å². The van der Waals surface area contributed by atoms with Crippen molar-refractivity contribution in [3.8, 4) is 0 Å². The first-order valence-electron chi connectivity index (χ1n) is 6.23. The van der Waals surface area contributed by atoms with Gasteiger partial charge < -0.3 is 5.11 Å². The molecule has 0 heterocycles. The lowest BCUT2D eigenvalue weighted by molar-refractivity contribution is -0.137. The van der Waals surface area contributed by atoms with Crippen molar-refractivity contribution in [2.24, 2.45) is 23.2 Å². The van der Waals surface area contributed by atoms with Crippen molar-refractivity contribution in [3.63, 3.8) is 0 Å². The van der Waals surface area contributed by atoms with Gasteiger partial charge in [0.15, 0.2) is 0 Å². The first-order valence-corrected chi connectivity index (χ1v) is 7.15. The van der Waals surface area contributed by atoms with Gasteiger partial charge in [-0.3, -0.25) is 4.79 Å². The van der Waals surface area contributed by atoms with E-state index in [9.17, 15) is 9.90 Å². The molecular weight excluding hydrogens is 268 g/mol. The van der Waals surface area contributed by atoms with E-state index in [1.807, 2.05) is 6.92 Å². The molecule has 3 heteroatoms. The zero-order valence-electron chi connectivity index (χ0n) is 10.2. The number of aliphatic hydroxyl groups excluding tert-OH is 1. The number of rotatable bonds is 0. The summed E-state index contributed by atoms with van der Waals surface area (Å²) in [5, 5.41) is 9.79. The van der Waals surface area contributed by atoms with Gasteiger partial charge in [-0.15, -0.1) is 0 Å². The Bertz CT molecular complexity index is 304. The molecule has 0 aromatic rings. The minimum absolute atomic E-state index is 0.0568. The number of Topliss-reactive ketones (excluding diaryl/α,β-unsaturated/α-hetero) is 1. The lowest BCUT2D eigenvalue weighted by Gasteiger charge is -2.54. The van der Waals surface area contributed by atoms with Crippen molar-refractivity contribution in [2.75, 3.05) is 0 Å². The van der Waals surface area contributed by atoms with Crippen molar-refractivity contribution in [2.45, 2.75) is 51.0 Å². The molecule has 0 saturated heterocycles. The van der Waals surface area contributed by atoms with Crippen molar-refractivity contribution < 1.29 is 9.90 Å². The largest absolute Gasteiger partial charge is 0.393 e. The van der Waals surface area contributed by atoms with Gasteiger partial charge in [-0.05, 0) is 36.5 Å². The molecule has 0 radical (unpaired) electrons. The number of halogens is 1. The third-order valence-electron chi connectivity index (χ3n) is 5.25. The highest BCUT2D eigenvalue weighted by Gasteiger charge is 2.54. The number of ketones is 1. The Morgan fingerprint density at radius 3 is 2.69 bits per heavy atom. The molecule has 2 rings (SSSR count). The van der Waals surface area contributed by atoms with E-state index in [2.05, 4.69) is 29.8 Å². The van der Waals surface area contributed by atoms with Crippen molar-refractivity contribution in [1.29, 1.82) is 0 Å². The Balaban J connectivity index is 2.33. The SMILES string of the molecule is C[C@H]1C(=O)[C@@H](Br)[C@H]2C[C@@H](O)CC[C@@]2(C)[C@H]1C. The topological polar surface area (TPSA) is 37.3 Å². The summed E-state index contributed by atoms with van der Waals surface area (Å²) in [6, 6.07) is 0. The van der Waals surface area contributed by atoms with Crippen LogP contribution in [0.1, 0.15) is 40.0 Å². The van der Waals surface area contributed by atoms with E-state index in [1.165, 1.54) is 0 Å². The molecule has 2 saturated carbocycles. The van der Waals surface area contributed by atoms with E-state index in [-0.39, 0.29) is 22.3 Å². The zero-order valence-corrected chi connectivity index (χ0v) is 11.8. The Morgan fingerprint density at radius 2 is 2.06 bits per heavy atom. The maximum Gasteiger partial charge on any atom is 0.149 e. The van der Waals surface area contributed by atoms with Crippen molar-refractivity contribution in [3.05, 3.63) is 0 Å². The van der Waals surface area contributed by atoms with Crippen LogP contribution in [0.15, 0.2) is 0 Å². The van der Waals surface area contributed by atoms with Crippen LogP contribution in [0.2, 0.25) is 0 Å². The molecule has 0 aliphatic heterocycles. The fourth-order valence-electron chi connectivity index (χ4n) is 3.63. The van der Waals surface area contributed by atoms with Crippen molar-refractivity contribution in [1.82, 2.24) is 0 Å². The quantitative estimate of drug-likeness (QED) is 0.696. The Kier molecular flexibility index (Phi) is 3.21. The molecule has 0 spiro atoms. The number of hydrogen-bond acceptors (Lipinski definition) is 2. The minimum Gasteiger partial charge on any atom is -0.393 e. The molecule has 2 fully saturated rings. The summed E-state index contributed by atoms with van der Waals surface area (Å²) in [5.41, 5.74) is 0.209. The molecule has 0 unspecified atom stereocenters. The van der Waals surface area contributed by atoms with Gasteiger partial charge in [0.2, 0.25) is 0 Å². The van der Waals surface area contributed by atoms with Crippen LogP contribution in [0.3, 0.4) is 0 Å². The van der Waals surface area contributed by atoms with E-state index < -0.39 is 0 Å². The molecule has 92 valence electrons. The van der Waals surface area contributed by atoms with Gasteiger partial charge in [-0.25, -0.2) is 0 Å². The molecule has 0 bridgehead atoms. The van der Waals surface area contributed by atoms with Gasteiger partial charge in [-0.2, -0.15) is 0 Å². The maximum absolute atomic E-state index is 12.1. The molecule has 1 N–H and O–H groups in total. The van der Waals surface area contributed by atoms with Crippen LogP contribution in [-0.2, 0) is 4.79 Å². The third kappa shape index (κ3) is 1.67. The summed E-state index contributed by atoms with van der Waals surface area (Å²) in [4.78, 5) is 12.1. The summed E-state index contributed by atoms with van der Waals surface area (Å²) in [7, 11) is 0. The summed E-state index contributed by atoms with van der Waals surface area (Å²) >= 11 is 3.57. The van der Waals surface area contributed by atoms with E-state index in [0.717, 1.165) is 19.3 Å². The van der Waals surface area contributed by atoms with Crippen LogP contribution < -0.4 is 0 Å². The minimum atomic E-state index is -0.216. The number of fused-ring (bicyclic) bond motifs is 1. The van der Waals surface area contributed by atoms with Crippen LogP contribution in [0.25, 0.3) is 0 Å². The molecular formula is C13H21BrO2. The molecule has 0 aromatic heterocycles. The van der Waals surface area contributed by atoms with Crippen LogP contribution >= 0.6 is 15.9 Å². The van der Waals surface area contributed by atoms with Gasteiger partial charge in [0.25, 0.3) is 0 Å². The average molecular weight is 289 g/mol. The summed E-state index contributed by atoms with van der Waals surface area (Å²) in [5.74, 6) is 1.19. The van der Waals surface area contributed by atoms with E-state index in [0.29, 0.717) is 17.6 Å². The highest BCUT2D eigenvalue weighted by molar-refractivity contribution is 9.10. The first-order chi connectivity index (χ1) is 7.38. The molecule has 0 aromatic carbocycles. The summed E-state index contributed by atoms with van der Waals surface area (Å²) in [6.07, 6.45) is 2.49. The number of aliphatic hydroxyl groups is 1. The second-order valence-corrected chi connectivity index (χ2v) is 6.91. The van der Waals surface area contributed by atoms with E-state index in [1.54, 1.807) is 0 Å². The van der Waals surface area contributed by atoms with Crippen LogP contribution in [0.4, 0.5) is 0 Å². The fraction of sp³-hybridized carbons (Fsp3) is 0.923. The summed E-state index contributed by atoms with van der Waals surface area (Å²) < 4.78 is 0. The predicted octanol–water partition coefficient (Wildman–Crippen LogP) is 2.77. The zero-order chi connectivity index (χ0) is 12.1. The average Bonchev–Trinajstić information content (AvgIpc) is 2.27. The number of carbonyl (C=O) groups excluding carboxylic acids is 1. The molecule has 2 nitrogen and oxygen atoms in total. The Labute approximate surface area is 106 Å². The lowest BCUT2D eigenvalue weighted by Crippen LogP contribution is -2.55. The first kappa shape index (κ1) is 12.6. The summed E-state index contributed by atoms with van der Waals surface area (Å²) in [6.45, 7) is 6.55. The predicted molar refractivity (Wildman–Crippen MR) is 67.5 cm³/mol. The second-order valence-electron chi connectivity index (χ2n) is 5.92. The smallest absolute Gasteiger partial charge is 0.149 e. The second kappa shape index (κ2) is 4.09. The number of hydrogen-bond donors (Lipinski definition) is 1. The van der Waals surface area contributed by atoms with Gasteiger partial charge in [0.05, 0.1) is 10.9 Å². The van der Waals surface area contributed by atoms with Crippen LogP contribution in [0, 0.1) is 23.2 Å². The standard InChI is InChI=1S/C13H21BrO2/c1-7-8(2)13(3)5-4-9(15)6-10(13)11(14)12(7)16/h7-11,15H,4-6H2,1-3H3/t7-,8+,9+,10-,11+,13+/m1/s1. The number of carbonyl (C=O) groups is 1. The van der Waals surface area contributed by atoms with Crippen LogP contribution in [-0.4, -0.2) is 21.8 Å². The maximum atomic E-state index is 12.1. The molecule has 2 aliphatic carbocycles. The highest BCUT2D eigenvalue weighted by atomic mass is 79.9. The lowest BCUT2D eigenvalue weighted by atomic mass is 9.52. The molecule has 6 atom stereocenters. The van der Waals surface area contributed by atoms with E-state index >= 15 is 0 Å². The van der Waals surface area contributed by atoms with Crippen LogP contribution in [0.5, 0.6) is 0 Å². The molecule has 0 amide bonds. The van der Waals surface area contributed by atoms with Gasteiger partial charge in [-0.1, -0.05) is 36.7 Å². The molecule has 16 heavy (non-hydrogen) atoms. The van der Waals surface area contributed by atoms with Gasteiger partial charge in [0.1, 0.15) is 5.78 Å². The Morgan fingerprint density at radius 1 is 1.44 bits per heavy atom. The third-order valence-corrected chi connectivity index (χ3v) is 6.34. The Hall–Kier alpha value is 0.110. The van der Waals surface area contributed by atoms with E-state index in [4.69, 9.17) is 0 Å². The van der Waals surface area contributed by atoms with Crippen molar-refractivity contribution >= 4 is 21.7 Å². The normalized spacial score (nSPS) is 53.6. The highest BCUT2D eigenvalue weighted by Crippen LogP contribution is 2.55. The fourth-order valence-corrected chi connectivity index (χ4v) is 4.87. The monoisotopic (exact) mass is 288 g/mol. The number of alkyl halides is 1.